The smallest absolute Gasteiger partial charge is 0.165 e. The fourth-order valence-corrected chi connectivity index (χ4v) is 4.88. The molecule has 1 saturated heterocycles. The average molecular weight is 417 g/mol. The van der Waals surface area contributed by atoms with Gasteiger partial charge in [-0.1, -0.05) is 42.6 Å². The summed E-state index contributed by atoms with van der Waals surface area (Å²) in [6.45, 7) is 7.41. The first kappa shape index (κ1) is 19.5. The molecule has 0 bridgehead atoms. The molecule has 1 unspecified atom stereocenters. The lowest BCUT2D eigenvalue weighted by atomic mass is 9.98. The highest BCUT2D eigenvalue weighted by Crippen LogP contribution is 2.37. The van der Waals surface area contributed by atoms with E-state index in [0.29, 0.717) is 16.1 Å². The topological polar surface area (TPSA) is 33.4 Å². The summed E-state index contributed by atoms with van der Waals surface area (Å²) < 4.78 is 2.01. The number of hydrogen-bond acceptors (Lipinski definition) is 3. The number of hydrogen-bond donors (Lipinski definition) is 0. The molecule has 6 heteroatoms. The zero-order valence-electron chi connectivity index (χ0n) is 16.7. The monoisotopic (exact) mass is 416 g/mol. The average Bonchev–Trinajstić information content (AvgIpc) is 2.98. The van der Waals surface area contributed by atoms with Crippen LogP contribution in [0.1, 0.15) is 50.4 Å². The lowest BCUT2D eigenvalue weighted by Gasteiger charge is -2.37. The second-order valence-corrected chi connectivity index (χ2v) is 8.55. The van der Waals surface area contributed by atoms with E-state index in [-0.39, 0.29) is 0 Å². The van der Waals surface area contributed by atoms with Crippen LogP contribution >= 0.6 is 23.2 Å². The first-order valence-electron chi connectivity index (χ1n) is 10.1. The van der Waals surface area contributed by atoms with Gasteiger partial charge in [0.05, 0.1) is 16.3 Å². The van der Waals surface area contributed by atoms with Crippen LogP contribution in [0, 0.1) is 13.8 Å². The maximum Gasteiger partial charge on any atom is 0.165 e. The van der Waals surface area contributed by atoms with E-state index in [2.05, 4.69) is 24.8 Å². The lowest BCUT2D eigenvalue weighted by molar-refractivity contribution is 0.429. The highest BCUT2D eigenvalue weighted by molar-refractivity contribution is 6.36. The number of benzene rings is 1. The number of rotatable bonds is 4. The van der Waals surface area contributed by atoms with Crippen LogP contribution in [0.4, 0.5) is 5.82 Å². The lowest BCUT2D eigenvalue weighted by Crippen LogP contribution is -2.40. The van der Waals surface area contributed by atoms with Crippen molar-refractivity contribution in [2.45, 2.75) is 58.9 Å². The van der Waals surface area contributed by atoms with Crippen LogP contribution in [0.25, 0.3) is 16.8 Å². The predicted octanol–water partition coefficient (Wildman–Crippen LogP) is 6.48. The van der Waals surface area contributed by atoms with Gasteiger partial charge in [0.15, 0.2) is 5.65 Å². The van der Waals surface area contributed by atoms with E-state index in [1.165, 1.54) is 32.1 Å². The third kappa shape index (κ3) is 3.48. The molecule has 0 saturated carbocycles. The molecule has 3 aromatic rings. The van der Waals surface area contributed by atoms with Crippen molar-refractivity contribution in [1.29, 1.82) is 0 Å². The van der Waals surface area contributed by atoms with Crippen molar-refractivity contribution in [3.05, 3.63) is 45.7 Å². The number of nitrogens with zero attached hydrogens (tertiary/aromatic N) is 4. The summed E-state index contributed by atoms with van der Waals surface area (Å²) in [5, 5.41) is 6.14. The van der Waals surface area contributed by atoms with Crippen molar-refractivity contribution in [2.24, 2.45) is 0 Å². The van der Waals surface area contributed by atoms with Gasteiger partial charge in [0, 0.05) is 34.9 Å². The molecule has 0 radical (unpaired) electrons. The third-order valence-electron chi connectivity index (χ3n) is 5.62. The van der Waals surface area contributed by atoms with Gasteiger partial charge in [0.1, 0.15) is 5.82 Å². The van der Waals surface area contributed by atoms with Gasteiger partial charge in [0.25, 0.3) is 0 Å². The van der Waals surface area contributed by atoms with E-state index in [0.717, 1.165) is 40.5 Å². The first-order chi connectivity index (χ1) is 13.5. The molecule has 2 aromatic heterocycles. The van der Waals surface area contributed by atoms with Gasteiger partial charge < -0.3 is 4.90 Å². The number of piperidine rings is 1. The van der Waals surface area contributed by atoms with Crippen molar-refractivity contribution < 1.29 is 0 Å². The Balaban J connectivity index is 1.91. The maximum absolute atomic E-state index is 6.53. The van der Waals surface area contributed by atoms with Gasteiger partial charge in [0.2, 0.25) is 0 Å². The molecule has 28 heavy (non-hydrogen) atoms. The predicted molar refractivity (Wildman–Crippen MR) is 118 cm³/mol. The number of anilines is 1. The minimum atomic E-state index is 0.566. The van der Waals surface area contributed by atoms with Crippen LogP contribution < -0.4 is 4.90 Å². The number of halogens is 2. The second-order valence-electron chi connectivity index (χ2n) is 7.71. The van der Waals surface area contributed by atoms with Crippen LogP contribution in [0.5, 0.6) is 0 Å². The molecule has 3 heterocycles. The van der Waals surface area contributed by atoms with E-state index in [9.17, 15) is 0 Å². The summed E-state index contributed by atoms with van der Waals surface area (Å²) in [4.78, 5) is 7.38. The standard InChI is InChI=1S/C22H26Cl2N4/c1-4-7-17-8-5-6-11-27(17)20-12-14(2)25-22-21(15(3)26-28(20)22)18-10-9-16(23)13-19(18)24/h9-10,12-13,17H,4-8,11H2,1-3H3. The summed E-state index contributed by atoms with van der Waals surface area (Å²) in [5.74, 6) is 1.14. The SMILES string of the molecule is CCCC1CCCCN1c1cc(C)nc2c(-c3ccc(Cl)cc3Cl)c(C)nn12. The van der Waals surface area contributed by atoms with Gasteiger partial charge in [-0.15, -0.1) is 0 Å². The molecule has 4 nitrogen and oxygen atoms in total. The van der Waals surface area contributed by atoms with Gasteiger partial charge in [-0.05, 0) is 51.7 Å². The summed E-state index contributed by atoms with van der Waals surface area (Å²) in [6.07, 6.45) is 6.17. The Hall–Kier alpha value is -1.78. The van der Waals surface area contributed by atoms with E-state index in [1.54, 1.807) is 6.07 Å². The Morgan fingerprint density at radius 2 is 1.96 bits per heavy atom. The van der Waals surface area contributed by atoms with Crippen LogP contribution in [0.15, 0.2) is 24.3 Å². The molecular formula is C22H26Cl2N4. The van der Waals surface area contributed by atoms with Crippen molar-refractivity contribution >= 4 is 34.7 Å². The molecule has 4 rings (SSSR count). The molecule has 148 valence electrons. The zero-order chi connectivity index (χ0) is 19.8. The molecule has 0 spiro atoms. The molecule has 0 N–H and O–H groups in total. The normalized spacial score (nSPS) is 17.5. The van der Waals surface area contributed by atoms with Gasteiger partial charge >= 0.3 is 0 Å². The second kappa shape index (κ2) is 7.92. The molecule has 0 amide bonds. The molecule has 1 aliphatic rings. The summed E-state index contributed by atoms with van der Waals surface area (Å²) in [7, 11) is 0. The van der Waals surface area contributed by atoms with Crippen LogP contribution in [-0.2, 0) is 0 Å². The third-order valence-corrected chi connectivity index (χ3v) is 6.16. The zero-order valence-corrected chi connectivity index (χ0v) is 18.2. The molecule has 1 aromatic carbocycles. The van der Waals surface area contributed by atoms with Crippen molar-refractivity contribution in [3.63, 3.8) is 0 Å². The molecular weight excluding hydrogens is 391 g/mol. The van der Waals surface area contributed by atoms with E-state index in [4.69, 9.17) is 33.3 Å². The Morgan fingerprint density at radius 3 is 2.71 bits per heavy atom. The Bertz CT molecular complexity index is 1010. The molecule has 0 aliphatic carbocycles. The Labute approximate surface area is 176 Å². The Kier molecular flexibility index (Phi) is 5.52. The largest absolute Gasteiger partial charge is 0.353 e. The maximum atomic E-state index is 6.53. The van der Waals surface area contributed by atoms with Crippen molar-refractivity contribution in [3.8, 4) is 11.1 Å². The van der Waals surface area contributed by atoms with Crippen LogP contribution in [0.3, 0.4) is 0 Å². The number of aryl methyl sites for hydroxylation is 2. The minimum Gasteiger partial charge on any atom is -0.353 e. The summed E-state index contributed by atoms with van der Waals surface area (Å²) >= 11 is 12.6. The number of aromatic nitrogens is 3. The summed E-state index contributed by atoms with van der Waals surface area (Å²) in [5.41, 5.74) is 4.68. The minimum absolute atomic E-state index is 0.566. The van der Waals surface area contributed by atoms with Crippen LogP contribution in [-0.4, -0.2) is 27.2 Å². The first-order valence-corrected chi connectivity index (χ1v) is 10.8. The Morgan fingerprint density at radius 1 is 1.14 bits per heavy atom. The molecule has 1 fully saturated rings. The highest BCUT2D eigenvalue weighted by atomic mass is 35.5. The highest BCUT2D eigenvalue weighted by Gasteiger charge is 2.26. The fourth-order valence-electron chi connectivity index (χ4n) is 4.37. The quantitative estimate of drug-likeness (QED) is 0.487. The van der Waals surface area contributed by atoms with Crippen molar-refractivity contribution in [2.75, 3.05) is 11.4 Å². The number of fused-ring (bicyclic) bond motifs is 1. The summed E-state index contributed by atoms with van der Waals surface area (Å²) in [6, 6.07) is 8.33. The van der Waals surface area contributed by atoms with Crippen molar-refractivity contribution in [1.82, 2.24) is 14.6 Å². The van der Waals surface area contributed by atoms with E-state index in [1.807, 2.05) is 23.6 Å². The van der Waals surface area contributed by atoms with E-state index < -0.39 is 0 Å². The van der Waals surface area contributed by atoms with Gasteiger partial charge in [-0.25, -0.2) is 4.98 Å². The fraction of sp³-hybridized carbons (Fsp3) is 0.455. The van der Waals surface area contributed by atoms with Gasteiger partial charge in [-0.2, -0.15) is 9.61 Å². The molecule has 1 aliphatic heterocycles. The van der Waals surface area contributed by atoms with Gasteiger partial charge in [-0.3, -0.25) is 0 Å². The molecule has 1 atom stereocenters. The van der Waals surface area contributed by atoms with Crippen LogP contribution in [0.2, 0.25) is 10.0 Å². The van der Waals surface area contributed by atoms with E-state index >= 15 is 0 Å².